The molecule has 3 heterocycles. The molecule has 1 amide bonds. The van der Waals surface area contributed by atoms with E-state index in [9.17, 15) is 14.0 Å². The fourth-order valence-corrected chi connectivity index (χ4v) is 4.05. The van der Waals surface area contributed by atoms with Crippen LogP contribution in [0.1, 0.15) is 24.5 Å². The monoisotopic (exact) mass is 408 g/mol. The highest BCUT2D eigenvalue weighted by atomic mass is 79.9. The summed E-state index contributed by atoms with van der Waals surface area (Å²) < 4.78 is 15.8. The molecule has 1 aliphatic heterocycles. The van der Waals surface area contributed by atoms with Gasteiger partial charge in [0.2, 0.25) is 0 Å². The minimum atomic E-state index is -0.932. The first-order chi connectivity index (χ1) is 11.9. The number of aromatic amines is 1. The maximum absolute atomic E-state index is 13.7. The van der Waals surface area contributed by atoms with E-state index in [4.69, 9.17) is 5.11 Å². The van der Waals surface area contributed by atoms with Crippen molar-refractivity contribution in [1.82, 2.24) is 19.5 Å². The topological polar surface area (TPSA) is 90.7 Å². The second kappa shape index (κ2) is 5.83. The molecule has 3 aromatic rings. The SMILES string of the molecule is O=C(O)N1CCC(c2cc(=O)[nH]c3c4c(Br)cc(F)cc4nn23)CC1. The lowest BCUT2D eigenvalue weighted by atomic mass is 9.93. The van der Waals surface area contributed by atoms with Crippen LogP contribution in [0.3, 0.4) is 0 Å². The summed E-state index contributed by atoms with van der Waals surface area (Å²) in [5.74, 6) is -0.403. The van der Waals surface area contributed by atoms with Gasteiger partial charge in [-0.05, 0) is 34.8 Å². The van der Waals surface area contributed by atoms with Crippen molar-refractivity contribution >= 4 is 38.6 Å². The average molecular weight is 409 g/mol. The normalized spacial score (nSPS) is 16.0. The maximum atomic E-state index is 13.7. The molecule has 0 unspecified atom stereocenters. The highest BCUT2D eigenvalue weighted by molar-refractivity contribution is 9.10. The number of likely N-dealkylation sites (tertiary alicyclic amines) is 1. The van der Waals surface area contributed by atoms with Crippen LogP contribution in [0.2, 0.25) is 0 Å². The van der Waals surface area contributed by atoms with Gasteiger partial charge >= 0.3 is 6.09 Å². The number of fused-ring (bicyclic) bond motifs is 3. The van der Waals surface area contributed by atoms with Crippen LogP contribution < -0.4 is 5.56 Å². The van der Waals surface area contributed by atoms with Crippen LogP contribution in [0.4, 0.5) is 9.18 Å². The molecule has 1 aromatic carbocycles. The number of nitrogens with one attached hydrogen (secondary N) is 1. The maximum Gasteiger partial charge on any atom is 0.407 e. The van der Waals surface area contributed by atoms with Crippen LogP contribution in [-0.2, 0) is 0 Å². The molecule has 0 saturated carbocycles. The van der Waals surface area contributed by atoms with E-state index in [0.29, 0.717) is 52.6 Å². The summed E-state index contributed by atoms with van der Waals surface area (Å²) in [5.41, 5.74) is 1.40. The van der Waals surface area contributed by atoms with Gasteiger partial charge in [-0.3, -0.25) is 4.79 Å². The second-order valence-corrected chi connectivity index (χ2v) is 7.00. The number of amides is 1. The van der Waals surface area contributed by atoms with E-state index >= 15 is 0 Å². The molecule has 25 heavy (non-hydrogen) atoms. The van der Waals surface area contributed by atoms with Gasteiger partial charge in [-0.2, -0.15) is 5.10 Å². The standard InChI is InChI=1S/C16H14BrFN4O3/c17-10-5-9(18)6-11-14(10)15-19-13(23)7-12(22(15)20-11)8-1-3-21(4-2-8)16(24)25/h5-8H,1-4H2,(H,19,23)(H,24,25). The largest absolute Gasteiger partial charge is 0.465 e. The summed E-state index contributed by atoms with van der Waals surface area (Å²) in [5, 5.41) is 14.2. The van der Waals surface area contributed by atoms with Gasteiger partial charge in [0.15, 0.2) is 0 Å². The lowest BCUT2D eigenvalue weighted by Gasteiger charge is -2.30. The first kappa shape index (κ1) is 16.1. The van der Waals surface area contributed by atoms with Gasteiger partial charge in [0.25, 0.3) is 5.56 Å². The summed E-state index contributed by atoms with van der Waals surface area (Å²) in [6.45, 7) is 0.820. The Morgan fingerprint density at radius 1 is 1.32 bits per heavy atom. The zero-order valence-corrected chi connectivity index (χ0v) is 14.6. The minimum absolute atomic E-state index is 0.0123. The average Bonchev–Trinajstić information content (AvgIpc) is 2.92. The number of piperidine rings is 1. The Balaban J connectivity index is 1.86. The number of halogens is 2. The van der Waals surface area contributed by atoms with Crippen LogP contribution >= 0.6 is 15.9 Å². The van der Waals surface area contributed by atoms with Crippen LogP contribution in [0, 0.1) is 5.82 Å². The van der Waals surface area contributed by atoms with E-state index in [1.54, 1.807) is 4.52 Å². The Hall–Kier alpha value is -2.42. The zero-order valence-electron chi connectivity index (χ0n) is 13.0. The quantitative estimate of drug-likeness (QED) is 0.647. The third-order valence-electron chi connectivity index (χ3n) is 4.64. The Morgan fingerprint density at radius 3 is 2.72 bits per heavy atom. The summed E-state index contributed by atoms with van der Waals surface area (Å²) in [4.78, 5) is 27.3. The predicted molar refractivity (Wildman–Crippen MR) is 92.5 cm³/mol. The zero-order chi connectivity index (χ0) is 17.7. The molecule has 7 nitrogen and oxygen atoms in total. The first-order valence-corrected chi connectivity index (χ1v) is 8.62. The van der Waals surface area contributed by atoms with E-state index in [1.807, 2.05) is 0 Å². The number of nitrogens with zero attached hydrogens (tertiary/aromatic N) is 3. The highest BCUT2D eigenvalue weighted by Crippen LogP contribution is 2.32. The van der Waals surface area contributed by atoms with Gasteiger partial charge in [-0.1, -0.05) is 0 Å². The molecule has 130 valence electrons. The smallest absolute Gasteiger partial charge is 0.407 e. The Kier molecular flexibility index (Phi) is 3.75. The molecule has 0 spiro atoms. The van der Waals surface area contributed by atoms with E-state index in [-0.39, 0.29) is 11.5 Å². The molecule has 0 radical (unpaired) electrons. The molecule has 1 aliphatic rings. The molecular weight excluding hydrogens is 395 g/mol. The summed E-state index contributed by atoms with van der Waals surface area (Å²) in [7, 11) is 0. The summed E-state index contributed by atoms with van der Waals surface area (Å²) in [6.07, 6.45) is 0.284. The fraction of sp³-hybridized carbons (Fsp3) is 0.312. The highest BCUT2D eigenvalue weighted by Gasteiger charge is 2.26. The van der Waals surface area contributed by atoms with Crippen molar-refractivity contribution in [2.24, 2.45) is 0 Å². The lowest BCUT2D eigenvalue weighted by Crippen LogP contribution is -2.37. The molecule has 2 N–H and O–H groups in total. The number of aromatic nitrogens is 3. The van der Waals surface area contributed by atoms with Crippen molar-refractivity contribution in [2.45, 2.75) is 18.8 Å². The first-order valence-electron chi connectivity index (χ1n) is 7.82. The third-order valence-corrected chi connectivity index (χ3v) is 5.26. The molecule has 0 bridgehead atoms. The Bertz CT molecular complexity index is 1050. The van der Waals surface area contributed by atoms with Crippen LogP contribution in [0.15, 0.2) is 27.5 Å². The van der Waals surface area contributed by atoms with E-state index in [0.717, 1.165) is 0 Å². The number of carboxylic acid groups (broad SMARTS) is 1. The van der Waals surface area contributed by atoms with Crippen molar-refractivity contribution in [3.63, 3.8) is 0 Å². The third kappa shape index (κ3) is 2.68. The summed E-state index contributed by atoms with van der Waals surface area (Å²) in [6, 6.07) is 4.15. The van der Waals surface area contributed by atoms with E-state index in [2.05, 4.69) is 26.0 Å². The van der Waals surface area contributed by atoms with Gasteiger partial charge in [0.05, 0.1) is 16.6 Å². The number of benzene rings is 1. The summed E-state index contributed by atoms with van der Waals surface area (Å²) >= 11 is 3.33. The Morgan fingerprint density at radius 2 is 2.04 bits per heavy atom. The van der Waals surface area contributed by atoms with Crippen LogP contribution in [-0.4, -0.2) is 43.8 Å². The number of hydrogen-bond donors (Lipinski definition) is 2. The van der Waals surface area contributed by atoms with Gasteiger partial charge in [-0.25, -0.2) is 13.7 Å². The number of H-pyrrole nitrogens is 1. The number of hydrogen-bond acceptors (Lipinski definition) is 3. The van der Waals surface area contributed by atoms with Gasteiger partial charge in [-0.15, -0.1) is 0 Å². The number of rotatable bonds is 1. The molecule has 1 fully saturated rings. The van der Waals surface area contributed by atoms with Crippen LogP contribution in [0.25, 0.3) is 16.6 Å². The van der Waals surface area contributed by atoms with Gasteiger partial charge in [0, 0.05) is 35.6 Å². The Labute approximate surface area is 149 Å². The van der Waals surface area contributed by atoms with Gasteiger partial charge < -0.3 is 15.0 Å². The van der Waals surface area contributed by atoms with E-state index < -0.39 is 11.9 Å². The molecular formula is C16H14BrFN4O3. The van der Waals surface area contributed by atoms with Crippen molar-refractivity contribution in [3.8, 4) is 0 Å². The fourth-order valence-electron chi connectivity index (χ4n) is 3.44. The molecule has 2 aromatic heterocycles. The van der Waals surface area contributed by atoms with Crippen molar-refractivity contribution in [2.75, 3.05) is 13.1 Å². The van der Waals surface area contributed by atoms with Gasteiger partial charge in [0.1, 0.15) is 11.5 Å². The van der Waals surface area contributed by atoms with Crippen molar-refractivity contribution in [3.05, 3.63) is 44.5 Å². The van der Waals surface area contributed by atoms with Crippen molar-refractivity contribution in [1.29, 1.82) is 0 Å². The van der Waals surface area contributed by atoms with Crippen molar-refractivity contribution < 1.29 is 14.3 Å². The second-order valence-electron chi connectivity index (χ2n) is 6.14. The lowest BCUT2D eigenvalue weighted by molar-refractivity contribution is 0.131. The minimum Gasteiger partial charge on any atom is -0.465 e. The molecule has 9 heteroatoms. The molecule has 0 atom stereocenters. The molecule has 1 saturated heterocycles. The molecule has 0 aliphatic carbocycles. The van der Waals surface area contributed by atoms with Crippen LogP contribution in [0.5, 0.6) is 0 Å². The predicted octanol–water partition coefficient (Wildman–Crippen LogP) is 2.93. The van der Waals surface area contributed by atoms with E-state index in [1.165, 1.54) is 23.1 Å². The molecule has 4 rings (SSSR count). The number of carbonyl (C=O) groups is 1.